The highest BCUT2D eigenvalue weighted by atomic mass is 32.1. The smallest absolute Gasteiger partial charge is 0.196 e. The van der Waals surface area contributed by atoms with Crippen molar-refractivity contribution in [2.45, 2.75) is 59.3 Å². The van der Waals surface area contributed by atoms with Gasteiger partial charge in [0.25, 0.3) is 0 Å². The Balaban J connectivity index is 1.53. The van der Waals surface area contributed by atoms with Gasteiger partial charge >= 0.3 is 0 Å². The van der Waals surface area contributed by atoms with Crippen LogP contribution in [-0.2, 0) is 12.8 Å². The lowest BCUT2D eigenvalue weighted by Gasteiger charge is -2.33. The van der Waals surface area contributed by atoms with Crippen molar-refractivity contribution >= 4 is 28.4 Å². The number of furan rings is 1. The van der Waals surface area contributed by atoms with Gasteiger partial charge in [0, 0.05) is 24.0 Å². The third-order valence-corrected chi connectivity index (χ3v) is 7.33. The third-order valence-electron chi connectivity index (χ3n) is 6.17. The van der Waals surface area contributed by atoms with E-state index in [0.29, 0.717) is 11.3 Å². The van der Waals surface area contributed by atoms with Gasteiger partial charge in [-0.2, -0.15) is 5.26 Å². The maximum atomic E-state index is 9.71. The fourth-order valence-electron chi connectivity index (χ4n) is 4.34. The highest BCUT2D eigenvalue weighted by Crippen LogP contribution is 2.44. The summed E-state index contributed by atoms with van der Waals surface area (Å²) in [5.74, 6) is 2.35. The Hall–Kier alpha value is -2.06. The van der Waals surface area contributed by atoms with Crippen LogP contribution in [0.1, 0.15) is 68.2 Å². The Kier molecular flexibility index (Phi) is 5.33. The van der Waals surface area contributed by atoms with Gasteiger partial charge in [0.05, 0.1) is 11.8 Å². The first-order valence-electron chi connectivity index (χ1n) is 10.4. The van der Waals surface area contributed by atoms with Crippen LogP contribution in [0.4, 0.5) is 10.9 Å². The van der Waals surface area contributed by atoms with Gasteiger partial charge in [0.2, 0.25) is 0 Å². The molecule has 5 heteroatoms. The lowest BCUT2D eigenvalue weighted by molar-refractivity contribution is 0.218. The number of thiophene rings is 1. The number of piperidine rings is 1. The van der Waals surface area contributed by atoms with Crippen LogP contribution < -0.4 is 4.90 Å². The van der Waals surface area contributed by atoms with Crippen LogP contribution >= 0.6 is 11.3 Å². The average molecular weight is 396 g/mol. The van der Waals surface area contributed by atoms with Gasteiger partial charge in [-0.15, -0.1) is 11.3 Å². The fourth-order valence-corrected chi connectivity index (χ4v) is 5.56. The molecule has 1 aliphatic carbocycles. The zero-order valence-corrected chi connectivity index (χ0v) is 17.9. The van der Waals surface area contributed by atoms with Gasteiger partial charge in [-0.25, -0.2) is 4.99 Å². The maximum absolute atomic E-state index is 9.71. The summed E-state index contributed by atoms with van der Waals surface area (Å²) in [6, 6.07) is 6.42. The van der Waals surface area contributed by atoms with E-state index in [9.17, 15) is 5.26 Å². The van der Waals surface area contributed by atoms with Crippen LogP contribution in [-0.4, -0.2) is 19.3 Å². The second-order valence-corrected chi connectivity index (χ2v) is 10.2. The minimum atomic E-state index is 0.303. The van der Waals surface area contributed by atoms with E-state index in [1.54, 1.807) is 17.6 Å². The minimum absolute atomic E-state index is 0.303. The van der Waals surface area contributed by atoms with Crippen LogP contribution in [0.3, 0.4) is 0 Å². The molecule has 2 aromatic rings. The first-order valence-corrected chi connectivity index (χ1v) is 11.2. The number of nitrogens with zero attached hydrogens (tertiary/aromatic N) is 3. The molecular formula is C23H29N3OS. The lowest BCUT2D eigenvalue weighted by Crippen LogP contribution is -2.28. The third kappa shape index (κ3) is 3.89. The molecule has 0 N–H and O–H groups in total. The van der Waals surface area contributed by atoms with Crippen molar-refractivity contribution in [3.05, 3.63) is 33.9 Å². The molecule has 4 nitrogen and oxygen atoms in total. The molecule has 0 saturated carbocycles. The molecule has 0 amide bonds. The van der Waals surface area contributed by atoms with Crippen LogP contribution in [0.5, 0.6) is 0 Å². The highest BCUT2D eigenvalue weighted by Gasteiger charge is 2.32. The Labute approximate surface area is 171 Å². The molecule has 0 bridgehead atoms. The Morgan fingerprint density at radius 3 is 2.75 bits per heavy atom. The zero-order valence-electron chi connectivity index (χ0n) is 17.1. The molecular weight excluding hydrogens is 366 g/mol. The molecule has 0 radical (unpaired) electrons. The summed E-state index contributed by atoms with van der Waals surface area (Å²) in [6.45, 7) is 9.08. The SMILES string of the molecule is CC(C)(C)[C@H]1CCc2c(sc(N=Cc3ccc(N4CCCCC4)o3)c2C#N)C1. The van der Waals surface area contributed by atoms with Crippen molar-refractivity contribution in [3.8, 4) is 6.07 Å². The fraction of sp³-hybridized carbons (Fsp3) is 0.565. The number of fused-ring (bicyclic) bond motifs is 1. The summed E-state index contributed by atoms with van der Waals surface area (Å²) in [5.41, 5.74) is 2.30. The van der Waals surface area contributed by atoms with Crippen molar-refractivity contribution in [2.75, 3.05) is 18.0 Å². The van der Waals surface area contributed by atoms with Crippen molar-refractivity contribution in [3.63, 3.8) is 0 Å². The summed E-state index contributed by atoms with van der Waals surface area (Å²) in [5, 5.41) is 10.5. The number of hydrogen-bond donors (Lipinski definition) is 0. The predicted octanol–water partition coefficient (Wildman–Crippen LogP) is 6.10. The highest BCUT2D eigenvalue weighted by molar-refractivity contribution is 7.16. The van der Waals surface area contributed by atoms with Gasteiger partial charge in [-0.05, 0) is 61.5 Å². The summed E-state index contributed by atoms with van der Waals surface area (Å²) >= 11 is 1.69. The van der Waals surface area contributed by atoms with E-state index in [1.165, 1.54) is 29.7 Å². The topological polar surface area (TPSA) is 52.5 Å². The molecule has 1 aliphatic heterocycles. The molecule has 0 unspecified atom stereocenters. The van der Waals surface area contributed by atoms with Gasteiger partial charge in [0.15, 0.2) is 5.88 Å². The molecule has 2 aromatic heterocycles. The Morgan fingerprint density at radius 2 is 2.04 bits per heavy atom. The van der Waals surface area contributed by atoms with E-state index < -0.39 is 0 Å². The second-order valence-electron chi connectivity index (χ2n) is 9.08. The predicted molar refractivity (Wildman–Crippen MR) is 116 cm³/mol. The monoisotopic (exact) mass is 395 g/mol. The Morgan fingerprint density at radius 1 is 1.25 bits per heavy atom. The lowest BCUT2D eigenvalue weighted by atomic mass is 9.72. The average Bonchev–Trinajstić information content (AvgIpc) is 3.30. The number of rotatable bonds is 3. The molecule has 3 heterocycles. The van der Waals surface area contributed by atoms with Crippen molar-refractivity contribution < 1.29 is 4.42 Å². The molecule has 4 rings (SSSR count). The van der Waals surface area contributed by atoms with Crippen LogP contribution in [0.25, 0.3) is 0 Å². The second kappa shape index (κ2) is 7.75. The molecule has 0 aromatic carbocycles. The zero-order chi connectivity index (χ0) is 19.7. The summed E-state index contributed by atoms with van der Waals surface area (Å²) in [7, 11) is 0. The maximum Gasteiger partial charge on any atom is 0.196 e. The van der Waals surface area contributed by atoms with Crippen molar-refractivity contribution in [2.24, 2.45) is 16.3 Å². The standard InChI is InChI=1S/C23H29N3OS/c1-23(2,3)16-7-9-18-19(14-24)22(28-20(18)13-16)25-15-17-8-10-21(27-17)26-11-5-4-6-12-26/h8,10,15-16H,4-7,9,11-13H2,1-3H3/t16-/m0/s1. The van der Waals surface area contributed by atoms with Gasteiger partial charge in [-0.1, -0.05) is 20.8 Å². The van der Waals surface area contributed by atoms with E-state index in [2.05, 4.69) is 36.7 Å². The first kappa shape index (κ1) is 19.3. The molecule has 1 fully saturated rings. The number of aliphatic imine (C=N–C) groups is 1. The van der Waals surface area contributed by atoms with E-state index >= 15 is 0 Å². The minimum Gasteiger partial charge on any atom is -0.440 e. The quantitative estimate of drug-likeness (QED) is 0.590. The van der Waals surface area contributed by atoms with Crippen molar-refractivity contribution in [1.29, 1.82) is 5.26 Å². The van der Waals surface area contributed by atoms with Gasteiger partial charge in [-0.3, -0.25) is 0 Å². The van der Waals surface area contributed by atoms with Crippen LogP contribution in [0.15, 0.2) is 21.5 Å². The first-order chi connectivity index (χ1) is 13.5. The number of anilines is 1. The summed E-state index contributed by atoms with van der Waals surface area (Å²) in [4.78, 5) is 8.31. The van der Waals surface area contributed by atoms with Crippen LogP contribution in [0, 0.1) is 22.7 Å². The number of hydrogen-bond acceptors (Lipinski definition) is 5. The summed E-state index contributed by atoms with van der Waals surface area (Å²) in [6.07, 6.45) is 8.74. The van der Waals surface area contributed by atoms with E-state index in [0.717, 1.165) is 54.6 Å². The molecule has 28 heavy (non-hydrogen) atoms. The van der Waals surface area contributed by atoms with Crippen molar-refractivity contribution in [1.82, 2.24) is 0 Å². The van der Waals surface area contributed by atoms with E-state index in [1.807, 2.05) is 12.1 Å². The normalized spacial score (nSPS) is 20.4. The van der Waals surface area contributed by atoms with Crippen LogP contribution in [0.2, 0.25) is 0 Å². The largest absolute Gasteiger partial charge is 0.440 e. The van der Waals surface area contributed by atoms with E-state index in [-0.39, 0.29) is 0 Å². The molecule has 2 aliphatic rings. The molecule has 148 valence electrons. The molecule has 0 spiro atoms. The Bertz CT molecular complexity index is 903. The van der Waals surface area contributed by atoms with Gasteiger partial charge < -0.3 is 9.32 Å². The number of nitriles is 1. The van der Waals surface area contributed by atoms with E-state index in [4.69, 9.17) is 4.42 Å². The molecule has 1 atom stereocenters. The van der Waals surface area contributed by atoms with Gasteiger partial charge in [0.1, 0.15) is 16.8 Å². The summed E-state index contributed by atoms with van der Waals surface area (Å²) < 4.78 is 5.98. The molecule has 1 saturated heterocycles.